The molecule has 0 bridgehead atoms. The first-order valence-corrected chi connectivity index (χ1v) is 5.69. The standard InChI is InChI=1S/C12H19N3.2ClH/c1-13-10-11-4-8-15(9-5-11)12-2-6-14-7-3-12;;/h2-3,6-7,11,13H,4-5,8-10H2,1H3;2*1H. The lowest BCUT2D eigenvalue weighted by Gasteiger charge is -2.33. The largest absolute Gasteiger partial charge is 0.371 e. The van der Waals surface area contributed by atoms with E-state index in [1.165, 1.54) is 31.6 Å². The fourth-order valence-corrected chi connectivity index (χ4v) is 2.24. The molecule has 3 nitrogen and oxygen atoms in total. The van der Waals surface area contributed by atoms with Crippen LogP contribution >= 0.6 is 24.8 Å². The number of halogens is 2. The molecule has 17 heavy (non-hydrogen) atoms. The third-order valence-electron chi connectivity index (χ3n) is 3.14. The normalized spacial score (nSPS) is 15.9. The van der Waals surface area contributed by atoms with Gasteiger partial charge >= 0.3 is 0 Å². The van der Waals surface area contributed by atoms with Crippen molar-refractivity contribution in [3.8, 4) is 0 Å². The van der Waals surface area contributed by atoms with Crippen LogP contribution in [0.1, 0.15) is 12.8 Å². The topological polar surface area (TPSA) is 28.2 Å². The van der Waals surface area contributed by atoms with Gasteiger partial charge in [0.15, 0.2) is 0 Å². The molecule has 0 atom stereocenters. The van der Waals surface area contributed by atoms with Gasteiger partial charge in [-0.25, -0.2) is 0 Å². The summed E-state index contributed by atoms with van der Waals surface area (Å²) < 4.78 is 0. The first kappa shape index (κ1) is 16.5. The predicted molar refractivity (Wildman–Crippen MR) is 77.6 cm³/mol. The van der Waals surface area contributed by atoms with Gasteiger partial charge in [0.05, 0.1) is 0 Å². The number of anilines is 1. The van der Waals surface area contributed by atoms with Gasteiger partial charge in [-0.05, 0) is 44.5 Å². The SMILES string of the molecule is CNCC1CCN(c2ccncc2)CC1.Cl.Cl. The van der Waals surface area contributed by atoms with Crippen LogP contribution in [0, 0.1) is 5.92 Å². The number of piperidine rings is 1. The van der Waals surface area contributed by atoms with Crippen LogP contribution in [0.2, 0.25) is 0 Å². The van der Waals surface area contributed by atoms with Crippen molar-refractivity contribution in [1.82, 2.24) is 10.3 Å². The number of aromatic nitrogens is 1. The molecule has 0 radical (unpaired) electrons. The summed E-state index contributed by atoms with van der Waals surface area (Å²) in [5, 5.41) is 3.26. The van der Waals surface area contributed by atoms with Crippen molar-refractivity contribution in [3.63, 3.8) is 0 Å². The zero-order valence-corrected chi connectivity index (χ0v) is 11.8. The maximum atomic E-state index is 4.05. The number of nitrogens with one attached hydrogen (secondary N) is 1. The molecule has 5 heteroatoms. The van der Waals surface area contributed by atoms with Crippen molar-refractivity contribution in [3.05, 3.63) is 24.5 Å². The average molecular weight is 278 g/mol. The van der Waals surface area contributed by atoms with Crippen molar-refractivity contribution in [2.75, 3.05) is 31.6 Å². The Hall–Kier alpha value is -0.510. The molecule has 2 heterocycles. The lowest BCUT2D eigenvalue weighted by molar-refractivity contribution is 0.393. The van der Waals surface area contributed by atoms with Crippen LogP contribution in [-0.2, 0) is 0 Å². The minimum atomic E-state index is 0. The first-order valence-electron chi connectivity index (χ1n) is 5.69. The highest BCUT2D eigenvalue weighted by Crippen LogP contribution is 2.21. The molecule has 1 saturated heterocycles. The van der Waals surface area contributed by atoms with Crippen LogP contribution in [0.3, 0.4) is 0 Å². The van der Waals surface area contributed by atoms with Crippen molar-refractivity contribution >= 4 is 30.5 Å². The summed E-state index contributed by atoms with van der Waals surface area (Å²) in [6.45, 7) is 3.51. The van der Waals surface area contributed by atoms with Gasteiger partial charge in [0.25, 0.3) is 0 Å². The summed E-state index contributed by atoms with van der Waals surface area (Å²) in [6, 6.07) is 4.19. The molecule has 0 spiro atoms. The van der Waals surface area contributed by atoms with E-state index in [4.69, 9.17) is 0 Å². The van der Waals surface area contributed by atoms with Crippen molar-refractivity contribution in [1.29, 1.82) is 0 Å². The van der Waals surface area contributed by atoms with Gasteiger partial charge < -0.3 is 10.2 Å². The Labute approximate surface area is 116 Å². The Morgan fingerprint density at radius 1 is 1.24 bits per heavy atom. The van der Waals surface area contributed by atoms with E-state index in [0.717, 1.165) is 12.5 Å². The highest BCUT2D eigenvalue weighted by molar-refractivity contribution is 5.85. The van der Waals surface area contributed by atoms with Gasteiger partial charge in [0.2, 0.25) is 0 Å². The van der Waals surface area contributed by atoms with Crippen LogP contribution in [0.4, 0.5) is 5.69 Å². The Bertz CT molecular complexity index is 287. The molecule has 0 saturated carbocycles. The lowest BCUT2D eigenvalue weighted by atomic mass is 9.96. The fraction of sp³-hybridized carbons (Fsp3) is 0.583. The van der Waals surface area contributed by atoms with Crippen LogP contribution in [0.5, 0.6) is 0 Å². The van der Waals surface area contributed by atoms with Crippen LogP contribution in [0.15, 0.2) is 24.5 Å². The summed E-state index contributed by atoms with van der Waals surface area (Å²) in [4.78, 5) is 6.50. The average Bonchev–Trinajstić information content (AvgIpc) is 2.32. The van der Waals surface area contributed by atoms with E-state index in [1.807, 2.05) is 19.4 Å². The van der Waals surface area contributed by atoms with E-state index in [0.29, 0.717) is 0 Å². The summed E-state index contributed by atoms with van der Waals surface area (Å²) in [5.41, 5.74) is 1.31. The van der Waals surface area contributed by atoms with Crippen LogP contribution in [-0.4, -0.2) is 31.7 Å². The van der Waals surface area contributed by atoms with Crippen molar-refractivity contribution < 1.29 is 0 Å². The van der Waals surface area contributed by atoms with Crippen LogP contribution in [0.25, 0.3) is 0 Å². The summed E-state index contributed by atoms with van der Waals surface area (Å²) >= 11 is 0. The zero-order valence-electron chi connectivity index (χ0n) is 10.1. The number of pyridine rings is 1. The zero-order chi connectivity index (χ0) is 10.5. The highest BCUT2D eigenvalue weighted by Gasteiger charge is 2.18. The van der Waals surface area contributed by atoms with Gasteiger partial charge in [0.1, 0.15) is 0 Å². The number of hydrogen-bond acceptors (Lipinski definition) is 3. The summed E-state index contributed by atoms with van der Waals surface area (Å²) in [6.07, 6.45) is 6.33. The molecule has 1 aromatic rings. The van der Waals surface area contributed by atoms with Gasteiger partial charge in [0, 0.05) is 31.2 Å². The van der Waals surface area contributed by atoms with E-state index >= 15 is 0 Å². The van der Waals surface area contributed by atoms with Crippen molar-refractivity contribution in [2.24, 2.45) is 5.92 Å². The third-order valence-corrected chi connectivity index (χ3v) is 3.14. The quantitative estimate of drug-likeness (QED) is 0.920. The Balaban J connectivity index is 0.00000128. The molecule has 1 aliphatic rings. The van der Waals surface area contributed by atoms with Crippen molar-refractivity contribution in [2.45, 2.75) is 12.8 Å². The maximum absolute atomic E-state index is 4.05. The van der Waals surface area contributed by atoms with Gasteiger partial charge in [-0.3, -0.25) is 4.98 Å². The molecule has 0 aliphatic carbocycles. The van der Waals surface area contributed by atoms with E-state index in [9.17, 15) is 0 Å². The molecule has 0 amide bonds. The molecule has 1 aromatic heterocycles. The second-order valence-corrected chi connectivity index (χ2v) is 4.19. The van der Waals surface area contributed by atoms with E-state index in [1.54, 1.807) is 0 Å². The van der Waals surface area contributed by atoms with Crippen LogP contribution < -0.4 is 10.2 Å². The Morgan fingerprint density at radius 3 is 2.35 bits per heavy atom. The second-order valence-electron chi connectivity index (χ2n) is 4.19. The first-order chi connectivity index (χ1) is 7.40. The number of rotatable bonds is 3. The molecular formula is C12H21Cl2N3. The smallest absolute Gasteiger partial charge is 0.0397 e. The minimum Gasteiger partial charge on any atom is -0.371 e. The molecule has 0 unspecified atom stereocenters. The van der Waals surface area contributed by atoms with Gasteiger partial charge in [-0.2, -0.15) is 0 Å². The monoisotopic (exact) mass is 277 g/mol. The number of hydrogen-bond donors (Lipinski definition) is 1. The second kappa shape index (κ2) is 8.56. The fourth-order valence-electron chi connectivity index (χ4n) is 2.24. The highest BCUT2D eigenvalue weighted by atomic mass is 35.5. The van der Waals surface area contributed by atoms with Gasteiger partial charge in [-0.1, -0.05) is 0 Å². The predicted octanol–water partition coefficient (Wildman–Crippen LogP) is 2.36. The van der Waals surface area contributed by atoms with Gasteiger partial charge in [-0.15, -0.1) is 24.8 Å². The minimum absolute atomic E-state index is 0. The Morgan fingerprint density at radius 2 is 1.82 bits per heavy atom. The van der Waals surface area contributed by atoms with E-state index in [2.05, 4.69) is 27.3 Å². The van der Waals surface area contributed by atoms with E-state index in [-0.39, 0.29) is 24.8 Å². The molecule has 0 aromatic carbocycles. The Kier molecular flexibility index (Phi) is 8.30. The lowest BCUT2D eigenvalue weighted by Crippen LogP contribution is -2.36. The molecule has 2 rings (SSSR count). The maximum Gasteiger partial charge on any atom is 0.0397 e. The third kappa shape index (κ3) is 4.70. The molecular weight excluding hydrogens is 257 g/mol. The molecule has 1 aliphatic heterocycles. The number of nitrogens with zero attached hydrogens (tertiary/aromatic N) is 2. The molecule has 1 N–H and O–H groups in total. The summed E-state index contributed by atoms with van der Waals surface area (Å²) in [5.74, 6) is 0.855. The molecule has 98 valence electrons. The summed E-state index contributed by atoms with van der Waals surface area (Å²) in [7, 11) is 2.04. The molecule has 1 fully saturated rings. The van der Waals surface area contributed by atoms with E-state index < -0.39 is 0 Å².